The average Bonchev–Trinajstić information content (AvgIpc) is 3.30. The smallest absolute Gasteiger partial charge is 0.230 e. The van der Waals surface area contributed by atoms with E-state index in [4.69, 9.17) is 0 Å². The van der Waals surface area contributed by atoms with Crippen molar-refractivity contribution in [2.75, 3.05) is 31.6 Å². The lowest BCUT2D eigenvalue weighted by Gasteiger charge is -2.34. The standard InChI is InChI=1S/C18H31N5O2S2/c1-10(11-6-19-23(2)7-11)20-15(24)9-26-8-14-21-17(25)16-12-4-3-5-13(12)27-18(16)22-14/h10-14,16,18-19,22H,3-9H2,1-2H3,(H,20,24)(H,21,25). The van der Waals surface area contributed by atoms with Gasteiger partial charge in [0.15, 0.2) is 0 Å². The van der Waals surface area contributed by atoms with Crippen molar-refractivity contribution in [1.82, 2.24) is 26.4 Å². The predicted octanol–water partition coefficient (Wildman–Crippen LogP) is 0.194. The fourth-order valence-electron chi connectivity index (χ4n) is 4.88. The molecule has 0 aromatic carbocycles. The highest BCUT2D eigenvalue weighted by Crippen LogP contribution is 2.51. The summed E-state index contributed by atoms with van der Waals surface area (Å²) in [5, 5.41) is 12.8. The van der Waals surface area contributed by atoms with Crippen LogP contribution in [-0.4, -0.2) is 71.3 Å². The summed E-state index contributed by atoms with van der Waals surface area (Å²) >= 11 is 3.55. The van der Waals surface area contributed by atoms with E-state index in [1.54, 1.807) is 11.8 Å². The van der Waals surface area contributed by atoms with E-state index >= 15 is 0 Å². The molecule has 0 spiro atoms. The van der Waals surface area contributed by atoms with E-state index in [1.165, 1.54) is 19.3 Å². The van der Waals surface area contributed by atoms with E-state index in [-0.39, 0.29) is 35.3 Å². The summed E-state index contributed by atoms with van der Waals surface area (Å²) in [5.41, 5.74) is 3.27. The van der Waals surface area contributed by atoms with Crippen molar-refractivity contribution in [2.45, 2.75) is 49.0 Å². The van der Waals surface area contributed by atoms with Gasteiger partial charge in [0.1, 0.15) is 0 Å². The Morgan fingerprint density at radius 2 is 2.30 bits per heavy atom. The van der Waals surface area contributed by atoms with Crippen molar-refractivity contribution in [2.24, 2.45) is 17.8 Å². The molecular formula is C18H31N5O2S2. The van der Waals surface area contributed by atoms with Gasteiger partial charge >= 0.3 is 0 Å². The van der Waals surface area contributed by atoms with Crippen molar-refractivity contribution >= 4 is 35.3 Å². The highest BCUT2D eigenvalue weighted by Gasteiger charge is 2.52. The summed E-state index contributed by atoms with van der Waals surface area (Å²) in [4.78, 5) is 24.8. The molecule has 4 fully saturated rings. The molecule has 7 unspecified atom stereocenters. The van der Waals surface area contributed by atoms with Crippen molar-refractivity contribution < 1.29 is 9.59 Å². The van der Waals surface area contributed by atoms with E-state index in [0.717, 1.165) is 18.8 Å². The zero-order valence-electron chi connectivity index (χ0n) is 16.1. The lowest BCUT2D eigenvalue weighted by atomic mass is 9.88. The molecule has 4 N–H and O–H groups in total. The Kier molecular flexibility index (Phi) is 6.23. The number of hydrazine groups is 1. The number of thioether (sulfide) groups is 2. The van der Waals surface area contributed by atoms with E-state index < -0.39 is 0 Å². The number of amides is 2. The molecule has 0 radical (unpaired) electrons. The molecule has 0 bridgehead atoms. The first kappa shape index (κ1) is 19.8. The quantitative estimate of drug-likeness (QED) is 0.495. The van der Waals surface area contributed by atoms with Gasteiger partial charge in [-0.3, -0.25) is 20.3 Å². The van der Waals surface area contributed by atoms with E-state index in [9.17, 15) is 9.59 Å². The van der Waals surface area contributed by atoms with Gasteiger partial charge in [-0.15, -0.1) is 23.5 Å². The number of hydrogen-bond donors (Lipinski definition) is 4. The van der Waals surface area contributed by atoms with Crippen LogP contribution in [0.15, 0.2) is 0 Å². The minimum absolute atomic E-state index is 0.0343. The number of carbonyl (C=O) groups excluding carboxylic acids is 2. The molecule has 3 aliphatic heterocycles. The number of hydrogen-bond acceptors (Lipinski definition) is 7. The molecule has 4 rings (SSSR count). The first-order valence-corrected chi connectivity index (χ1v) is 12.1. The van der Waals surface area contributed by atoms with Crippen molar-refractivity contribution in [1.29, 1.82) is 0 Å². The SMILES string of the molecule is CC(NC(=O)CSCC1NC(=O)C2C(N1)SC1CCCC12)C1CNN(C)C1. The highest BCUT2D eigenvalue weighted by atomic mass is 32.2. The molecule has 2 amide bonds. The molecule has 1 saturated carbocycles. The van der Waals surface area contributed by atoms with Crippen LogP contribution in [0.1, 0.15) is 26.2 Å². The maximum absolute atomic E-state index is 12.6. The lowest BCUT2D eigenvalue weighted by molar-refractivity contribution is -0.129. The van der Waals surface area contributed by atoms with Gasteiger partial charge in [0.05, 0.1) is 23.2 Å². The Hall–Kier alpha value is -0.480. The molecule has 7 nitrogen and oxygen atoms in total. The number of fused-ring (bicyclic) bond motifs is 3. The van der Waals surface area contributed by atoms with Gasteiger partial charge in [0.25, 0.3) is 0 Å². The van der Waals surface area contributed by atoms with Crippen LogP contribution < -0.4 is 21.4 Å². The first-order valence-electron chi connectivity index (χ1n) is 10.0. The summed E-state index contributed by atoms with van der Waals surface area (Å²) in [6.07, 6.45) is 3.67. The summed E-state index contributed by atoms with van der Waals surface area (Å²) in [6.45, 7) is 3.94. The number of nitrogens with zero attached hydrogens (tertiary/aromatic N) is 1. The lowest BCUT2D eigenvalue weighted by Crippen LogP contribution is -2.61. The second-order valence-corrected chi connectivity index (χ2v) is 10.7. The molecular weight excluding hydrogens is 382 g/mol. The maximum Gasteiger partial charge on any atom is 0.230 e. The van der Waals surface area contributed by atoms with Crippen LogP contribution >= 0.6 is 23.5 Å². The molecule has 3 heterocycles. The van der Waals surface area contributed by atoms with Crippen LogP contribution in [0.4, 0.5) is 0 Å². The van der Waals surface area contributed by atoms with Crippen molar-refractivity contribution in [3.8, 4) is 0 Å². The molecule has 4 aliphatic rings. The number of rotatable bonds is 6. The van der Waals surface area contributed by atoms with Crippen molar-refractivity contribution in [3.05, 3.63) is 0 Å². The zero-order chi connectivity index (χ0) is 19.0. The second kappa shape index (κ2) is 8.49. The fourth-order valence-corrected chi connectivity index (χ4v) is 7.60. The molecule has 27 heavy (non-hydrogen) atoms. The largest absolute Gasteiger partial charge is 0.353 e. The molecule has 7 atom stereocenters. The van der Waals surface area contributed by atoms with Crippen LogP contribution in [-0.2, 0) is 9.59 Å². The van der Waals surface area contributed by atoms with E-state index in [2.05, 4.69) is 33.3 Å². The summed E-state index contributed by atoms with van der Waals surface area (Å²) < 4.78 is 0. The van der Waals surface area contributed by atoms with Crippen LogP contribution in [0.5, 0.6) is 0 Å². The molecule has 1 aliphatic carbocycles. The minimum Gasteiger partial charge on any atom is -0.353 e. The molecule has 9 heteroatoms. The minimum atomic E-state index is -0.0343. The fraction of sp³-hybridized carbons (Fsp3) is 0.889. The molecule has 3 saturated heterocycles. The number of nitrogens with one attached hydrogen (secondary N) is 4. The van der Waals surface area contributed by atoms with Crippen LogP contribution in [0.2, 0.25) is 0 Å². The molecule has 0 aromatic rings. The third-order valence-corrected chi connectivity index (χ3v) is 9.04. The predicted molar refractivity (Wildman–Crippen MR) is 110 cm³/mol. The summed E-state index contributed by atoms with van der Waals surface area (Å²) in [5.74, 6) is 2.57. The van der Waals surface area contributed by atoms with E-state index in [1.807, 2.05) is 18.8 Å². The van der Waals surface area contributed by atoms with Crippen LogP contribution in [0, 0.1) is 17.8 Å². The average molecular weight is 414 g/mol. The Morgan fingerprint density at radius 1 is 1.44 bits per heavy atom. The van der Waals surface area contributed by atoms with Crippen LogP contribution in [0.3, 0.4) is 0 Å². The Balaban J connectivity index is 1.18. The molecule has 0 aromatic heterocycles. The maximum atomic E-state index is 12.6. The summed E-state index contributed by atoms with van der Waals surface area (Å²) in [7, 11) is 2.02. The van der Waals surface area contributed by atoms with Gasteiger partial charge in [-0.25, -0.2) is 5.01 Å². The van der Waals surface area contributed by atoms with Gasteiger partial charge in [-0.1, -0.05) is 6.42 Å². The van der Waals surface area contributed by atoms with Gasteiger partial charge in [0.2, 0.25) is 11.8 Å². The third-order valence-electron chi connectivity index (χ3n) is 6.34. The monoisotopic (exact) mass is 413 g/mol. The summed E-state index contributed by atoms with van der Waals surface area (Å²) in [6, 6.07) is 0.165. The van der Waals surface area contributed by atoms with Gasteiger partial charge in [-0.05, 0) is 25.7 Å². The van der Waals surface area contributed by atoms with Gasteiger partial charge in [0, 0.05) is 43.1 Å². The van der Waals surface area contributed by atoms with Crippen LogP contribution in [0.25, 0.3) is 0 Å². The third kappa shape index (κ3) is 4.42. The Bertz CT molecular complexity index is 580. The number of carbonyl (C=O) groups is 2. The Labute approximate surface area is 169 Å². The molecule has 152 valence electrons. The second-order valence-electron chi connectivity index (χ2n) is 8.32. The zero-order valence-corrected chi connectivity index (χ0v) is 17.7. The van der Waals surface area contributed by atoms with E-state index in [0.29, 0.717) is 22.8 Å². The normalized spacial score (nSPS) is 39.7. The van der Waals surface area contributed by atoms with Crippen molar-refractivity contribution in [3.63, 3.8) is 0 Å². The topological polar surface area (TPSA) is 85.5 Å². The van der Waals surface area contributed by atoms with Gasteiger partial charge in [-0.2, -0.15) is 0 Å². The highest BCUT2D eigenvalue weighted by molar-refractivity contribution is 8.01. The Morgan fingerprint density at radius 3 is 3.07 bits per heavy atom. The first-order chi connectivity index (χ1) is 13.0. The van der Waals surface area contributed by atoms with Gasteiger partial charge < -0.3 is 10.6 Å².